The van der Waals surface area contributed by atoms with Crippen molar-refractivity contribution in [3.8, 4) is 11.5 Å². The van der Waals surface area contributed by atoms with E-state index in [1.54, 1.807) is 25.4 Å². The number of benzene rings is 2. The highest BCUT2D eigenvalue weighted by Crippen LogP contribution is 2.30. The number of methoxy groups -OCH3 is 1. The van der Waals surface area contributed by atoms with E-state index in [1.165, 1.54) is 0 Å². The number of aromatic nitrogens is 1. The Morgan fingerprint density at radius 2 is 1.72 bits per heavy atom. The average molecular weight is 533 g/mol. The molecule has 4 rings (SSSR count). The van der Waals surface area contributed by atoms with Crippen molar-refractivity contribution in [1.82, 2.24) is 20.1 Å². The molecule has 1 aliphatic rings. The summed E-state index contributed by atoms with van der Waals surface area (Å²) in [5.41, 5.74) is 2.88. The number of pyridine rings is 1. The molecule has 1 unspecified atom stereocenters. The van der Waals surface area contributed by atoms with Crippen LogP contribution in [-0.4, -0.2) is 66.2 Å². The lowest BCUT2D eigenvalue weighted by molar-refractivity contribution is -0.140. The molecule has 1 fully saturated rings. The van der Waals surface area contributed by atoms with Crippen LogP contribution < -0.4 is 14.8 Å². The normalized spacial score (nSPS) is 14.4. The molecule has 2 aromatic carbocycles. The number of rotatable bonds is 11. The predicted molar refractivity (Wildman–Crippen MR) is 147 cm³/mol. The van der Waals surface area contributed by atoms with Crippen LogP contribution in [0.2, 0.25) is 0 Å². The average Bonchev–Trinajstić information content (AvgIpc) is 2.99. The van der Waals surface area contributed by atoms with Gasteiger partial charge in [-0.15, -0.1) is 0 Å². The second-order valence-electron chi connectivity index (χ2n) is 9.38. The van der Waals surface area contributed by atoms with Crippen molar-refractivity contribution in [2.24, 2.45) is 0 Å². The molecule has 39 heavy (non-hydrogen) atoms. The molecule has 2 heterocycles. The molecular formula is C30H36N4O5. The van der Waals surface area contributed by atoms with E-state index in [0.29, 0.717) is 31.0 Å². The highest BCUT2D eigenvalue weighted by Gasteiger charge is 2.28. The summed E-state index contributed by atoms with van der Waals surface area (Å²) < 4.78 is 17.0. The Balaban J connectivity index is 1.30. The quantitative estimate of drug-likeness (QED) is 0.399. The van der Waals surface area contributed by atoms with Gasteiger partial charge in [-0.3, -0.25) is 14.7 Å². The Kier molecular flexibility index (Phi) is 10.1. The van der Waals surface area contributed by atoms with Crippen molar-refractivity contribution >= 4 is 12.0 Å². The van der Waals surface area contributed by atoms with Crippen LogP contribution in [0.4, 0.5) is 4.79 Å². The van der Waals surface area contributed by atoms with Gasteiger partial charge in [-0.05, 0) is 41.3 Å². The molecule has 3 aromatic rings. The van der Waals surface area contributed by atoms with Crippen LogP contribution in [0, 0.1) is 0 Å². The van der Waals surface area contributed by atoms with Crippen molar-refractivity contribution in [3.05, 3.63) is 89.7 Å². The van der Waals surface area contributed by atoms with Crippen molar-refractivity contribution < 1.29 is 23.8 Å². The number of hydrogen-bond donors (Lipinski definition) is 1. The fourth-order valence-corrected chi connectivity index (χ4v) is 4.41. The number of carbonyl (C=O) groups is 2. The lowest BCUT2D eigenvalue weighted by Gasteiger charge is -2.36. The summed E-state index contributed by atoms with van der Waals surface area (Å²) in [7, 11) is 1.56. The molecule has 1 aliphatic heterocycles. The molecule has 0 spiro atoms. The van der Waals surface area contributed by atoms with Crippen LogP contribution in [0.3, 0.4) is 0 Å². The van der Waals surface area contributed by atoms with Crippen molar-refractivity contribution in [1.29, 1.82) is 0 Å². The largest absolute Gasteiger partial charge is 0.493 e. The summed E-state index contributed by atoms with van der Waals surface area (Å²) in [6, 6.07) is 18.9. The first-order chi connectivity index (χ1) is 19.1. The zero-order valence-electron chi connectivity index (χ0n) is 22.5. The molecule has 0 aliphatic carbocycles. The summed E-state index contributed by atoms with van der Waals surface area (Å²) in [5.74, 6) is 0.955. The zero-order valence-corrected chi connectivity index (χ0v) is 22.5. The minimum atomic E-state index is -0.636. The first-order valence-electron chi connectivity index (χ1n) is 13.2. The van der Waals surface area contributed by atoms with E-state index in [9.17, 15) is 9.59 Å². The van der Waals surface area contributed by atoms with Crippen molar-refractivity contribution in [2.75, 3.05) is 33.3 Å². The van der Waals surface area contributed by atoms with Gasteiger partial charge in [-0.25, -0.2) is 4.79 Å². The van der Waals surface area contributed by atoms with E-state index in [0.717, 1.165) is 36.3 Å². The molecule has 1 saturated heterocycles. The van der Waals surface area contributed by atoms with Crippen LogP contribution in [0.5, 0.6) is 11.5 Å². The fraction of sp³-hybridized carbons (Fsp3) is 0.367. The molecule has 9 nitrogen and oxygen atoms in total. The van der Waals surface area contributed by atoms with E-state index in [2.05, 4.69) is 21.3 Å². The second kappa shape index (κ2) is 14.2. The third-order valence-corrected chi connectivity index (χ3v) is 6.61. The highest BCUT2D eigenvalue weighted by atomic mass is 16.5. The van der Waals surface area contributed by atoms with Gasteiger partial charge in [0.15, 0.2) is 17.6 Å². The SMILES string of the molecule is CCC(Oc1cc(CNC(=O)OCc2ccccc2)ccc1OC)C(=O)N1CCN(Cc2cccnc2)CC1. The predicted octanol–water partition coefficient (Wildman–Crippen LogP) is 4.02. The minimum Gasteiger partial charge on any atom is -0.493 e. The van der Waals surface area contributed by atoms with Gasteiger partial charge >= 0.3 is 6.09 Å². The standard InChI is InChI=1S/C30H36N4O5/c1-3-26(29(35)34-16-14-33(15-17-34)21-25-10-7-13-31-19-25)39-28-18-24(11-12-27(28)37-2)20-32-30(36)38-22-23-8-5-4-6-9-23/h4-13,18-19,26H,3,14-17,20-22H2,1-2H3,(H,32,36). The first-order valence-corrected chi connectivity index (χ1v) is 13.2. The number of ether oxygens (including phenoxy) is 3. The highest BCUT2D eigenvalue weighted by molar-refractivity contribution is 5.81. The molecule has 2 amide bonds. The van der Waals surface area contributed by atoms with Crippen LogP contribution >= 0.6 is 0 Å². The third-order valence-electron chi connectivity index (χ3n) is 6.61. The Bertz CT molecular complexity index is 1200. The maximum absolute atomic E-state index is 13.3. The van der Waals surface area contributed by atoms with E-state index >= 15 is 0 Å². The van der Waals surface area contributed by atoms with Gasteiger partial charge in [-0.1, -0.05) is 49.4 Å². The Hall–Kier alpha value is -4.11. The summed E-state index contributed by atoms with van der Waals surface area (Å²) in [5, 5.41) is 2.76. The summed E-state index contributed by atoms with van der Waals surface area (Å²) in [4.78, 5) is 33.9. The number of piperazine rings is 1. The Morgan fingerprint density at radius 3 is 2.41 bits per heavy atom. The molecule has 206 valence electrons. The van der Waals surface area contributed by atoms with Gasteiger partial charge in [-0.2, -0.15) is 0 Å². The molecule has 9 heteroatoms. The van der Waals surface area contributed by atoms with Gasteiger partial charge < -0.3 is 24.4 Å². The first kappa shape index (κ1) is 27.9. The molecule has 0 radical (unpaired) electrons. The molecule has 1 aromatic heterocycles. The number of nitrogens with zero attached hydrogens (tertiary/aromatic N) is 3. The number of alkyl carbamates (subject to hydrolysis) is 1. The van der Waals surface area contributed by atoms with Crippen molar-refractivity contribution in [3.63, 3.8) is 0 Å². The molecule has 0 saturated carbocycles. The minimum absolute atomic E-state index is 0.0337. The zero-order chi connectivity index (χ0) is 27.5. The number of amides is 2. The van der Waals surface area contributed by atoms with E-state index < -0.39 is 12.2 Å². The Labute approximate surface area is 229 Å². The van der Waals surface area contributed by atoms with Crippen LogP contribution in [-0.2, 0) is 29.2 Å². The lowest BCUT2D eigenvalue weighted by Crippen LogP contribution is -2.52. The van der Waals surface area contributed by atoms with Gasteiger partial charge in [0.25, 0.3) is 5.91 Å². The lowest BCUT2D eigenvalue weighted by atomic mass is 10.1. The fourth-order valence-electron chi connectivity index (χ4n) is 4.41. The molecule has 1 atom stereocenters. The monoisotopic (exact) mass is 532 g/mol. The summed E-state index contributed by atoms with van der Waals surface area (Å²) in [6.45, 7) is 6.07. The second-order valence-corrected chi connectivity index (χ2v) is 9.38. The maximum Gasteiger partial charge on any atom is 0.407 e. The number of hydrogen-bond acceptors (Lipinski definition) is 7. The summed E-state index contributed by atoms with van der Waals surface area (Å²) in [6.07, 6.45) is 3.02. The Morgan fingerprint density at radius 1 is 0.949 bits per heavy atom. The van der Waals surface area contributed by atoms with Gasteiger partial charge in [0.2, 0.25) is 0 Å². The van der Waals surface area contributed by atoms with E-state index in [-0.39, 0.29) is 19.1 Å². The van der Waals surface area contributed by atoms with Gasteiger partial charge in [0, 0.05) is 51.7 Å². The van der Waals surface area contributed by atoms with Crippen LogP contribution in [0.1, 0.15) is 30.0 Å². The summed E-state index contributed by atoms with van der Waals surface area (Å²) >= 11 is 0. The van der Waals surface area contributed by atoms with Crippen molar-refractivity contribution in [2.45, 2.75) is 39.1 Å². The molecule has 1 N–H and O–H groups in total. The van der Waals surface area contributed by atoms with Gasteiger partial charge in [0.05, 0.1) is 7.11 Å². The molecule has 0 bridgehead atoms. The third kappa shape index (κ3) is 8.19. The topological polar surface area (TPSA) is 93.2 Å². The number of carbonyl (C=O) groups excluding carboxylic acids is 2. The molecular weight excluding hydrogens is 496 g/mol. The maximum atomic E-state index is 13.3. The van der Waals surface area contributed by atoms with E-state index in [4.69, 9.17) is 14.2 Å². The van der Waals surface area contributed by atoms with E-state index in [1.807, 2.05) is 60.5 Å². The van der Waals surface area contributed by atoms with Crippen LogP contribution in [0.15, 0.2) is 73.1 Å². The number of nitrogens with one attached hydrogen (secondary N) is 1. The smallest absolute Gasteiger partial charge is 0.407 e. The van der Waals surface area contributed by atoms with Gasteiger partial charge in [0.1, 0.15) is 6.61 Å². The van der Waals surface area contributed by atoms with Crippen LogP contribution in [0.25, 0.3) is 0 Å².